The lowest BCUT2D eigenvalue weighted by Gasteiger charge is -2.13. The molecule has 1 aromatic carbocycles. The van der Waals surface area contributed by atoms with Gasteiger partial charge in [-0.1, -0.05) is 25.5 Å². The second-order valence-electron chi connectivity index (χ2n) is 3.98. The van der Waals surface area contributed by atoms with Crippen molar-refractivity contribution < 1.29 is 14.7 Å². The van der Waals surface area contributed by atoms with Crippen LogP contribution in [0.1, 0.15) is 29.8 Å². The van der Waals surface area contributed by atoms with E-state index in [2.05, 4.69) is 5.32 Å². The summed E-state index contributed by atoms with van der Waals surface area (Å²) in [6.45, 7) is 5.25. The molecule has 1 aromatic rings. The van der Waals surface area contributed by atoms with Crippen molar-refractivity contribution in [1.82, 2.24) is 0 Å². The van der Waals surface area contributed by atoms with Gasteiger partial charge in [-0.25, -0.2) is 0 Å². The molecule has 0 spiro atoms. The van der Waals surface area contributed by atoms with Crippen molar-refractivity contribution in [2.24, 2.45) is 5.92 Å². The molecule has 86 valence electrons. The largest absolute Gasteiger partial charge is 0.545 e. The molecular formula is C12H14NO3-. The Kier molecular flexibility index (Phi) is 3.66. The van der Waals surface area contributed by atoms with Crippen molar-refractivity contribution in [3.63, 3.8) is 0 Å². The monoisotopic (exact) mass is 220 g/mol. The van der Waals surface area contributed by atoms with Crippen molar-refractivity contribution in [2.75, 3.05) is 5.32 Å². The third-order valence-corrected chi connectivity index (χ3v) is 2.18. The van der Waals surface area contributed by atoms with E-state index in [1.165, 1.54) is 6.07 Å². The van der Waals surface area contributed by atoms with E-state index in [4.69, 9.17) is 0 Å². The van der Waals surface area contributed by atoms with Crippen LogP contribution in [-0.4, -0.2) is 11.9 Å². The van der Waals surface area contributed by atoms with Gasteiger partial charge >= 0.3 is 0 Å². The molecule has 0 aromatic heterocycles. The number of rotatable bonds is 3. The zero-order chi connectivity index (χ0) is 12.3. The van der Waals surface area contributed by atoms with E-state index in [9.17, 15) is 14.7 Å². The van der Waals surface area contributed by atoms with Crippen molar-refractivity contribution in [3.8, 4) is 0 Å². The summed E-state index contributed by atoms with van der Waals surface area (Å²) in [4.78, 5) is 22.3. The molecule has 0 saturated carbocycles. The average molecular weight is 220 g/mol. The number of carboxylic acid groups (broad SMARTS) is 1. The fourth-order valence-corrected chi connectivity index (χ4v) is 1.21. The molecule has 0 saturated heterocycles. The Labute approximate surface area is 94.3 Å². The molecule has 0 bridgehead atoms. The predicted octanol–water partition coefficient (Wildman–Crippen LogP) is 0.953. The van der Waals surface area contributed by atoms with Gasteiger partial charge in [0.05, 0.1) is 5.97 Å². The Morgan fingerprint density at radius 2 is 1.94 bits per heavy atom. The summed E-state index contributed by atoms with van der Waals surface area (Å²) in [5, 5.41) is 13.4. The van der Waals surface area contributed by atoms with Gasteiger partial charge in [-0.15, -0.1) is 0 Å². The number of carbonyl (C=O) groups excluding carboxylic acids is 2. The molecule has 0 fully saturated rings. The third kappa shape index (κ3) is 2.82. The highest BCUT2D eigenvalue weighted by molar-refractivity contribution is 6.00. The van der Waals surface area contributed by atoms with Crippen LogP contribution in [0, 0.1) is 12.8 Å². The van der Waals surface area contributed by atoms with Gasteiger partial charge in [-0.3, -0.25) is 4.79 Å². The van der Waals surface area contributed by atoms with Gasteiger partial charge in [0, 0.05) is 17.2 Å². The number of aryl methyl sites for hydroxylation is 1. The van der Waals surface area contributed by atoms with Gasteiger partial charge in [0.15, 0.2) is 0 Å². The van der Waals surface area contributed by atoms with Crippen molar-refractivity contribution in [1.29, 1.82) is 0 Å². The number of anilines is 1. The van der Waals surface area contributed by atoms with Gasteiger partial charge in [0.25, 0.3) is 0 Å². The second kappa shape index (κ2) is 4.79. The fraction of sp³-hybridized carbons (Fsp3) is 0.333. The molecule has 1 rings (SSSR count). The van der Waals surface area contributed by atoms with E-state index in [-0.39, 0.29) is 23.1 Å². The van der Waals surface area contributed by atoms with Crippen LogP contribution >= 0.6 is 0 Å². The number of nitrogens with one attached hydrogen (secondary N) is 1. The van der Waals surface area contributed by atoms with Crippen LogP contribution < -0.4 is 10.4 Å². The zero-order valence-corrected chi connectivity index (χ0v) is 9.53. The summed E-state index contributed by atoms with van der Waals surface area (Å²) >= 11 is 0. The number of carbonyl (C=O) groups is 2. The van der Waals surface area contributed by atoms with E-state index in [0.29, 0.717) is 0 Å². The molecule has 0 atom stereocenters. The Morgan fingerprint density at radius 1 is 1.31 bits per heavy atom. The lowest BCUT2D eigenvalue weighted by Crippen LogP contribution is -2.26. The third-order valence-electron chi connectivity index (χ3n) is 2.18. The SMILES string of the molecule is Cc1ccc(NC(=O)C(C)C)c(C(=O)[O-])c1. The van der Waals surface area contributed by atoms with E-state index in [1.807, 2.05) is 0 Å². The minimum absolute atomic E-state index is 0.00833. The Balaban J connectivity index is 3.04. The molecule has 0 heterocycles. The summed E-state index contributed by atoms with van der Waals surface area (Å²) in [5.41, 5.74) is 1.10. The first-order chi connectivity index (χ1) is 7.41. The van der Waals surface area contributed by atoms with Gasteiger partial charge in [-0.05, 0) is 19.1 Å². The summed E-state index contributed by atoms with van der Waals surface area (Å²) in [6.07, 6.45) is 0. The predicted molar refractivity (Wildman–Crippen MR) is 59.0 cm³/mol. The lowest BCUT2D eigenvalue weighted by atomic mass is 10.1. The molecule has 0 radical (unpaired) electrons. The van der Waals surface area contributed by atoms with E-state index in [0.717, 1.165) is 5.56 Å². The van der Waals surface area contributed by atoms with E-state index in [1.54, 1.807) is 32.9 Å². The molecule has 0 aliphatic rings. The number of hydrogen-bond acceptors (Lipinski definition) is 3. The van der Waals surface area contributed by atoms with Crippen LogP contribution in [-0.2, 0) is 4.79 Å². The van der Waals surface area contributed by atoms with Crippen LogP contribution in [0.25, 0.3) is 0 Å². The van der Waals surface area contributed by atoms with Crippen molar-refractivity contribution in [3.05, 3.63) is 29.3 Å². The molecule has 4 heteroatoms. The van der Waals surface area contributed by atoms with Gasteiger partial charge in [0.1, 0.15) is 0 Å². The van der Waals surface area contributed by atoms with Crippen LogP contribution in [0.2, 0.25) is 0 Å². The second-order valence-corrected chi connectivity index (χ2v) is 3.98. The highest BCUT2D eigenvalue weighted by Gasteiger charge is 2.10. The van der Waals surface area contributed by atoms with Gasteiger partial charge in [-0.2, -0.15) is 0 Å². The first-order valence-electron chi connectivity index (χ1n) is 5.04. The number of aromatic carboxylic acids is 1. The molecule has 0 aliphatic heterocycles. The average Bonchev–Trinajstić information content (AvgIpc) is 2.20. The first kappa shape index (κ1) is 12.2. The van der Waals surface area contributed by atoms with E-state index < -0.39 is 5.97 Å². The van der Waals surface area contributed by atoms with Crippen LogP contribution in [0.4, 0.5) is 5.69 Å². The minimum Gasteiger partial charge on any atom is -0.545 e. The first-order valence-corrected chi connectivity index (χ1v) is 5.04. The summed E-state index contributed by atoms with van der Waals surface area (Å²) < 4.78 is 0. The number of amides is 1. The van der Waals surface area contributed by atoms with Crippen LogP contribution in [0.15, 0.2) is 18.2 Å². The summed E-state index contributed by atoms with van der Waals surface area (Å²) in [6, 6.07) is 4.79. The normalized spacial score (nSPS) is 10.2. The maximum Gasteiger partial charge on any atom is 0.226 e. The number of carboxylic acids is 1. The Morgan fingerprint density at radius 3 is 2.44 bits per heavy atom. The summed E-state index contributed by atoms with van der Waals surface area (Å²) in [5.74, 6) is -1.70. The molecule has 0 unspecified atom stereocenters. The molecule has 16 heavy (non-hydrogen) atoms. The standard InChI is InChI=1S/C12H15NO3/c1-7(2)11(14)13-10-5-4-8(3)6-9(10)12(15)16/h4-7H,1-3H3,(H,13,14)(H,15,16)/p-1. The Hall–Kier alpha value is -1.84. The molecule has 1 amide bonds. The highest BCUT2D eigenvalue weighted by atomic mass is 16.4. The van der Waals surface area contributed by atoms with Crippen molar-refractivity contribution >= 4 is 17.6 Å². The molecule has 4 nitrogen and oxygen atoms in total. The van der Waals surface area contributed by atoms with Crippen molar-refractivity contribution in [2.45, 2.75) is 20.8 Å². The van der Waals surface area contributed by atoms with Gasteiger partial charge in [0.2, 0.25) is 5.91 Å². The molecule has 0 aliphatic carbocycles. The Bertz CT molecular complexity index is 424. The van der Waals surface area contributed by atoms with Crippen LogP contribution in [0.3, 0.4) is 0 Å². The lowest BCUT2D eigenvalue weighted by molar-refractivity contribution is -0.254. The molecular weight excluding hydrogens is 206 g/mol. The van der Waals surface area contributed by atoms with Crippen LogP contribution in [0.5, 0.6) is 0 Å². The maximum atomic E-state index is 11.4. The topological polar surface area (TPSA) is 69.2 Å². The number of hydrogen-bond donors (Lipinski definition) is 1. The van der Waals surface area contributed by atoms with E-state index >= 15 is 0 Å². The number of benzene rings is 1. The highest BCUT2D eigenvalue weighted by Crippen LogP contribution is 2.17. The zero-order valence-electron chi connectivity index (χ0n) is 9.53. The smallest absolute Gasteiger partial charge is 0.226 e. The molecule has 1 N–H and O–H groups in total. The minimum atomic E-state index is -1.29. The fourth-order valence-electron chi connectivity index (χ4n) is 1.21. The maximum absolute atomic E-state index is 11.4. The van der Waals surface area contributed by atoms with Gasteiger partial charge < -0.3 is 15.2 Å². The quantitative estimate of drug-likeness (QED) is 0.824. The summed E-state index contributed by atoms with van der Waals surface area (Å²) in [7, 11) is 0.